The van der Waals surface area contributed by atoms with Crippen LogP contribution in [0.3, 0.4) is 0 Å². The highest BCUT2D eigenvalue weighted by Crippen LogP contribution is 2.09. The molecule has 1 radical (unpaired) electrons. The zero-order chi connectivity index (χ0) is 11.2. The van der Waals surface area contributed by atoms with E-state index in [1.165, 1.54) is 0 Å². The van der Waals surface area contributed by atoms with Gasteiger partial charge >= 0.3 is 0 Å². The Bertz CT molecular complexity index is 498. The van der Waals surface area contributed by atoms with Crippen molar-refractivity contribution in [1.29, 1.82) is 5.26 Å². The van der Waals surface area contributed by atoms with Gasteiger partial charge in [0, 0.05) is 18.3 Å². The lowest BCUT2D eigenvalue weighted by atomic mass is 10.1. The highest BCUT2D eigenvalue weighted by Gasteiger charge is 1.95. The minimum Gasteiger partial charge on any atom is -0.380 e. The van der Waals surface area contributed by atoms with Gasteiger partial charge in [-0.15, -0.1) is 0 Å². The highest BCUT2D eigenvalue weighted by molar-refractivity contribution is 5.42. The van der Waals surface area contributed by atoms with Crippen LogP contribution in [-0.2, 0) is 6.54 Å². The Morgan fingerprint density at radius 1 is 1.19 bits per heavy atom. The molecule has 0 bridgehead atoms. The van der Waals surface area contributed by atoms with Gasteiger partial charge in [0.1, 0.15) is 0 Å². The fraction of sp³-hybridized carbons (Fsp3) is 0.0714. The normalized spacial score (nSPS) is 9.44. The fourth-order valence-corrected chi connectivity index (χ4v) is 1.45. The molecule has 0 saturated heterocycles. The number of para-hydroxylation sites is 1. The molecule has 2 heteroatoms. The third kappa shape index (κ3) is 2.61. The van der Waals surface area contributed by atoms with Gasteiger partial charge in [-0.3, -0.25) is 0 Å². The number of anilines is 1. The van der Waals surface area contributed by atoms with E-state index in [4.69, 9.17) is 5.26 Å². The first-order chi connectivity index (χ1) is 7.88. The van der Waals surface area contributed by atoms with Crippen molar-refractivity contribution < 1.29 is 0 Å². The molecule has 0 heterocycles. The predicted octanol–water partition coefficient (Wildman–Crippen LogP) is 2.97. The van der Waals surface area contributed by atoms with Crippen LogP contribution in [0.1, 0.15) is 11.1 Å². The van der Waals surface area contributed by atoms with Crippen LogP contribution < -0.4 is 5.32 Å². The lowest BCUT2D eigenvalue weighted by Crippen LogP contribution is -1.99. The van der Waals surface area contributed by atoms with E-state index in [1.54, 1.807) is 6.07 Å². The first-order valence-electron chi connectivity index (χ1n) is 5.08. The maximum Gasteiger partial charge on any atom is 0.0991 e. The first kappa shape index (κ1) is 10.3. The van der Waals surface area contributed by atoms with Crippen molar-refractivity contribution in [3.05, 3.63) is 65.7 Å². The Morgan fingerprint density at radius 2 is 2.12 bits per heavy atom. The average molecular weight is 207 g/mol. The van der Waals surface area contributed by atoms with Gasteiger partial charge in [-0.1, -0.05) is 30.3 Å². The minimum atomic E-state index is 0.691. The van der Waals surface area contributed by atoms with Crippen LogP contribution in [0.5, 0.6) is 0 Å². The summed E-state index contributed by atoms with van der Waals surface area (Å²) in [6, 6.07) is 20.5. The molecule has 2 rings (SSSR count). The van der Waals surface area contributed by atoms with Crippen molar-refractivity contribution in [2.24, 2.45) is 0 Å². The van der Waals surface area contributed by atoms with Crippen LogP contribution in [0.25, 0.3) is 0 Å². The highest BCUT2D eigenvalue weighted by atomic mass is 14.9. The molecule has 0 unspecified atom stereocenters. The molecule has 0 saturated carbocycles. The van der Waals surface area contributed by atoms with Crippen molar-refractivity contribution in [3.8, 4) is 6.07 Å². The van der Waals surface area contributed by atoms with E-state index in [0.717, 1.165) is 11.3 Å². The molecule has 0 aromatic heterocycles. The predicted molar refractivity (Wildman–Crippen MR) is 63.8 cm³/mol. The Balaban J connectivity index is 2.03. The van der Waals surface area contributed by atoms with E-state index in [0.29, 0.717) is 12.1 Å². The van der Waals surface area contributed by atoms with E-state index >= 15 is 0 Å². The van der Waals surface area contributed by atoms with Gasteiger partial charge in [0.2, 0.25) is 0 Å². The number of rotatable bonds is 3. The maximum absolute atomic E-state index is 8.77. The van der Waals surface area contributed by atoms with Gasteiger partial charge in [0.15, 0.2) is 0 Å². The summed E-state index contributed by atoms with van der Waals surface area (Å²) in [6.07, 6.45) is 0. The molecule has 0 spiro atoms. The van der Waals surface area contributed by atoms with Crippen LogP contribution >= 0.6 is 0 Å². The van der Waals surface area contributed by atoms with Crippen molar-refractivity contribution >= 4 is 5.69 Å². The largest absolute Gasteiger partial charge is 0.380 e. The van der Waals surface area contributed by atoms with Gasteiger partial charge in [0.25, 0.3) is 0 Å². The molecule has 0 aliphatic heterocycles. The first-order valence-corrected chi connectivity index (χ1v) is 5.08. The Morgan fingerprint density at radius 3 is 2.88 bits per heavy atom. The van der Waals surface area contributed by atoms with Crippen molar-refractivity contribution in [1.82, 2.24) is 0 Å². The Kier molecular flexibility index (Phi) is 3.20. The van der Waals surface area contributed by atoms with E-state index < -0.39 is 0 Å². The number of hydrogen-bond donors (Lipinski definition) is 1. The van der Waals surface area contributed by atoms with Crippen LogP contribution in [-0.4, -0.2) is 0 Å². The zero-order valence-electron chi connectivity index (χ0n) is 8.77. The average Bonchev–Trinajstić information content (AvgIpc) is 2.38. The van der Waals surface area contributed by atoms with Crippen molar-refractivity contribution in [3.63, 3.8) is 0 Å². The van der Waals surface area contributed by atoms with Crippen molar-refractivity contribution in [2.75, 3.05) is 5.32 Å². The number of hydrogen-bond acceptors (Lipinski definition) is 2. The summed E-state index contributed by atoms with van der Waals surface area (Å²) < 4.78 is 0. The van der Waals surface area contributed by atoms with E-state index in [9.17, 15) is 0 Å². The topological polar surface area (TPSA) is 35.8 Å². The summed E-state index contributed by atoms with van der Waals surface area (Å²) in [6.45, 7) is 0.704. The quantitative estimate of drug-likeness (QED) is 0.839. The van der Waals surface area contributed by atoms with E-state index in [1.807, 2.05) is 42.5 Å². The molecular formula is C14H11N2. The number of benzene rings is 2. The summed E-state index contributed by atoms with van der Waals surface area (Å²) in [4.78, 5) is 0. The van der Waals surface area contributed by atoms with Gasteiger partial charge in [-0.05, 0) is 23.8 Å². The van der Waals surface area contributed by atoms with E-state index in [2.05, 4.69) is 17.5 Å². The molecular weight excluding hydrogens is 196 g/mol. The lowest BCUT2D eigenvalue weighted by molar-refractivity contribution is 1.15. The molecule has 0 fully saturated rings. The lowest BCUT2D eigenvalue weighted by Gasteiger charge is -2.05. The number of nitrogens with one attached hydrogen (secondary N) is 1. The molecule has 2 aromatic rings. The number of nitriles is 1. The van der Waals surface area contributed by atoms with Gasteiger partial charge in [-0.25, -0.2) is 0 Å². The van der Waals surface area contributed by atoms with Crippen LogP contribution in [0.4, 0.5) is 5.69 Å². The smallest absolute Gasteiger partial charge is 0.0991 e. The van der Waals surface area contributed by atoms with Gasteiger partial charge < -0.3 is 5.32 Å². The van der Waals surface area contributed by atoms with Gasteiger partial charge in [-0.2, -0.15) is 5.26 Å². The molecule has 0 aliphatic carbocycles. The van der Waals surface area contributed by atoms with Crippen LogP contribution in [0.15, 0.2) is 48.5 Å². The van der Waals surface area contributed by atoms with Gasteiger partial charge in [0.05, 0.1) is 11.6 Å². The second-order valence-corrected chi connectivity index (χ2v) is 3.44. The van der Waals surface area contributed by atoms with Crippen molar-refractivity contribution in [2.45, 2.75) is 6.54 Å². The summed E-state index contributed by atoms with van der Waals surface area (Å²) in [7, 11) is 0. The molecule has 0 aliphatic rings. The standard InChI is InChI=1S/C14H11N2/c15-10-12-5-4-6-13(9-12)11-16-14-7-2-1-3-8-14/h1-7,9,16H,11H2. The molecule has 2 nitrogen and oxygen atoms in total. The van der Waals surface area contributed by atoms with Crippen LogP contribution in [0, 0.1) is 17.4 Å². The molecule has 1 N–H and O–H groups in total. The zero-order valence-corrected chi connectivity index (χ0v) is 8.77. The summed E-state index contributed by atoms with van der Waals surface area (Å²) in [5, 5.41) is 12.0. The summed E-state index contributed by atoms with van der Waals surface area (Å²) >= 11 is 0. The third-order valence-electron chi connectivity index (χ3n) is 2.25. The van der Waals surface area contributed by atoms with E-state index in [-0.39, 0.29) is 0 Å². The molecule has 2 aromatic carbocycles. The second-order valence-electron chi connectivity index (χ2n) is 3.44. The second kappa shape index (κ2) is 4.99. The molecule has 16 heavy (non-hydrogen) atoms. The van der Waals surface area contributed by atoms with Crippen LogP contribution in [0.2, 0.25) is 0 Å². The monoisotopic (exact) mass is 207 g/mol. The summed E-state index contributed by atoms with van der Waals surface area (Å²) in [5.74, 6) is 0. The number of nitrogens with zero attached hydrogens (tertiary/aromatic N) is 1. The fourth-order valence-electron chi connectivity index (χ4n) is 1.45. The minimum absolute atomic E-state index is 0.691. The Labute approximate surface area is 95.2 Å². The Hall–Kier alpha value is -2.27. The molecule has 0 amide bonds. The molecule has 77 valence electrons. The maximum atomic E-state index is 8.77. The molecule has 0 atom stereocenters. The third-order valence-corrected chi connectivity index (χ3v) is 2.25. The SMILES string of the molecule is N#Cc1cccc(CNc2[c]cccc2)c1. The summed E-state index contributed by atoms with van der Waals surface area (Å²) in [5.41, 5.74) is 2.75.